The summed E-state index contributed by atoms with van der Waals surface area (Å²) in [6.45, 7) is 0. The van der Waals surface area contributed by atoms with Crippen LogP contribution in [0.25, 0.3) is 0 Å². The Morgan fingerprint density at radius 1 is 1.83 bits per heavy atom. The zero-order valence-electron chi connectivity index (χ0n) is 4.34. The number of carbonyl (C=O) groups is 1. The van der Waals surface area contributed by atoms with Crippen molar-refractivity contribution in [1.82, 2.24) is 5.48 Å². The molecule has 3 nitrogen and oxygen atoms in total. The van der Waals surface area contributed by atoms with E-state index >= 15 is 0 Å². The van der Waals surface area contributed by atoms with Crippen molar-refractivity contribution in [1.29, 1.82) is 0 Å². The molecule has 0 aliphatic rings. The molecule has 5 heteroatoms. The standard InChI is InChI=1S/CH3NO2.ClH.Na.H/c3-1-2-4;;;/h1,4H,(H,2,3);1H;;/q;;+1;-1. The molecule has 0 aliphatic carbocycles. The van der Waals surface area contributed by atoms with Crippen LogP contribution in [0.3, 0.4) is 0 Å². The van der Waals surface area contributed by atoms with E-state index in [1.807, 2.05) is 0 Å². The van der Waals surface area contributed by atoms with Crippen molar-refractivity contribution in [3.05, 3.63) is 0 Å². The van der Waals surface area contributed by atoms with Gasteiger partial charge >= 0.3 is 29.6 Å². The van der Waals surface area contributed by atoms with Gasteiger partial charge in [0.25, 0.3) is 0 Å². The van der Waals surface area contributed by atoms with Crippen molar-refractivity contribution in [3.8, 4) is 0 Å². The second-order valence-electron chi connectivity index (χ2n) is 0.247. The first-order chi connectivity index (χ1) is 1.91. The van der Waals surface area contributed by atoms with Crippen LogP contribution in [0.1, 0.15) is 1.43 Å². The Balaban J connectivity index is -0.0000000150. The normalized spacial score (nSPS) is 3.50. The molecule has 34 valence electrons. The largest absolute Gasteiger partial charge is 1.00 e. The van der Waals surface area contributed by atoms with E-state index in [2.05, 4.69) is 0 Å². The SMILES string of the molecule is Cl.O=CNO.[H-].[Na+]. The second-order valence-corrected chi connectivity index (χ2v) is 0.247. The molecule has 1 amide bonds. The smallest absolute Gasteiger partial charge is 1.00 e. The van der Waals surface area contributed by atoms with Gasteiger partial charge in [0.2, 0.25) is 6.41 Å². The van der Waals surface area contributed by atoms with Crippen LogP contribution in [0.4, 0.5) is 0 Å². The molecule has 0 rings (SSSR count). The Morgan fingerprint density at radius 2 is 2.00 bits per heavy atom. The zero-order chi connectivity index (χ0) is 3.41. The number of hydroxylamine groups is 1. The summed E-state index contributed by atoms with van der Waals surface area (Å²) in [5.74, 6) is 0. The fourth-order valence-corrected chi connectivity index (χ4v) is 0. The Labute approximate surface area is 65.3 Å². The van der Waals surface area contributed by atoms with Gasteiger partial charge < -0.3 is 1.43 Å². The maximum absolute atomic E-state index is 8.81. The number of rotatable bonds is 1. The number of hydrogen-bond donors (Lipinski definition) is 2. The quantitative estimate of drug-likeness (QED) is 0.165. The molecular weight excluding hydrogens is 116 g/mol. The molecule has 0 radical (unpaired) electrons. The van der Waals surface area contributed by atoms with Crippen LogP contribution in [-0.2, 0) is 4.79 Å². The zero-order valence-corrected chi connectivity index (χ0v) is 6.16. The van der Waals surface area contributed by atoms with Crippen molar-refractivity contribution in [3.63, 3.8) is 0 Å². The molecule has 0 heterocycles. The van der Waals surface area contributed by atoms with Crippen molar-refractivity contribution in [2.24, 2.45) is 0 Å². The van der Waals surface area contributed by atoms with E-state index in [-0.39, 0.29) is 49.8 Å². The third-order valence-corrected chi connectivity index (χ3v) is 0.0527. The van der Waals surface area contributed by atoms with Crippen LogP contribution in [-0.4, -0.2) is 11.6 Å². The van der Waals surface area contributed by atoms with Crippen molar-refractivity contribution >= 4 is 18.8 Å². The van der Waals surface area contributed by atoms with Crippen molar-refractivity contribution in [2.45, 2.75) is 0 Å². The number of hydrogen-bond acceptors (Lipinski definition) is 2. The summed E-state index contributed by atoms with van der Waals surface area (Å²) < 4.78 is 0. The van der Waals surface area contributed by atoms with Crippen molar-refractivity contribution in [2.75, 3.05) is 0 Å². The summed E-state index contributed by atoms with van der Waals surface area (Å²) in [4.78, 5) is 8.81. The predicted octanol–water partition coefficient (Wildman–Crippen LogP) is -3.34. The molecule has 0 saturated carbocycles. The van der Waals surface area contributed by atoms with E-state index in [1.54, 1.807) is 0 Å². The van der Waals surface area contributed by atoms with Gasteiger partial charge in [-0.3, -0.25) is 10.0 Å². The van der Waals surface area contributed by atoms with Crippen LogP contribution in [0.15, 0.2) is 0 Å². The molecule has 0 fully saturated rings. The Kier molecular flexibility index (Phi) is 45.6. The minimum atomic E-state index is 0. The average molecular weight is 121 g/mol. The average Bonchev–Trinajstić information content (AvgIpc) is 1.37. The molecule has 0 spiro atoms. The van der Waals surface area contributed by atoms with Gasteiger partial charge in [-0.1, -0.05) is 0 Å². The number of carbonyl (C=O) groups excluding carboxylic acids is 1. The Bertz CT molecular complexity index is 31.7. The van der Waals surface area contributed by atoms with E-state index in [4.69, 9.17) is 10.0 Å². The monoisotopic (exact) mass is 121 g/mol. The van der Waals surface area contributed by atoms with Gasteiger partial charge in [0.15, 0.2) is 0 Å². The molecule has 0 unspecified atom stereocenters. The fourth-order valence-electron chi connectivity index (χ4n) is 0. The topological polar surface area (TPSA) is 49.3 Å². The van der Waals surface area contributed by atoms with Crippen LogP contribution in [0.2, 0.25) is 0 Å². The summed E-state index contributed by atoms with van der Waals surface area (Å²) >= 11 is 0. The molecule has 0 aromatic rings. The fraction of sp³-hybridized carbons (Fsp3) is 0. The van der Waals surface area contributed by atoms with E-state index < -0.39 is 0 Å². The first kappa shape index (κ1) is 15.9. The molecule has 6 heavy (non-hydrogen) atoms. The molecule has 0 aromatic heterocycles. The summed E-state index contributed by atoms with van der Waals surface area (Å²) in [5, 5.41) is 7.26. The maximum Gasteiger partial charge on any atom is 1.00 e. The van der Waals surface area contributed by atoms with Gasteiger partial charge in [-0.2, -0.15) is 0 Å². The molecule has 2 N–H and O–H groups in total. The van der Waals surface area contributed by atoms with E-state index in [1.165, 1.54) is 5.48 Å². The van der Waals surface area contributed by atoms with Gasteiger partial charge in [0, 0.05) is 0 Å². The minimum Gasteiger partial charge on any atom is -1.00 e. The van der Waals surface area contributed by atoms with Gasteiger partial charge in [-0.25, -0.2) is 5.48 Å². The Morgan fingerprint density at radius 3 is 2.00 bits per heavy atom. The first-order valence-corrected chi connectivity index (χ1v) is 0.748. The molecular formula is CH5ClNNaO2. The van der Waals surface area contributed by atoms with Crippen LogP contribution in [0, 0.1) is 0 Å². The summed E-state index contributed by atoms with van der Waals surface area (Å²) in [5.41, 5.74) is 1.25. The van der Waals surface area contributed by atoms with Gasteiger partial charge in [0.1, 0.15) is 0 Å². The van der Waals surface area contributed by atoms with Gasteiger partial charge in [-0.15, -0.1) is 12.4 Å². The predicted molar refractivity (Wildman–Crippen MR) is 19.3 cm³/mol. The van der Waals surface area contributed by atoms with E-state index in [9.17, 15) is 0 Å². The molecule has 0 atom stereocenters. The van der Waals surface area contributed by atoms with Crippen LogP contribution >= 0.6 is 12.4 Å². The van der Waals surface area contributed by atoms with Crippen LogP contribution in [0.5, 0.6) is 0 Å². The van der Waals surface area contributed by atoms with E-state index in [0.717, 1.165) is 0 Å². The molecule has 0 aromatic carbocycles. The van der Waals surface area contributed by atoms with Gasteiger partial charge in [-0.05, 0) is 0 Å². The van der Waals surface area contributed by atoms with Gasteiger partial charge in [0.05, 0.1) is 0 Å². The summed E-state index contributed by atoms with van der Waals surface area (Å²) in [6.07, 6.45) is 0.181. The first-order valence-electron chi connectivity index (χ1n) is 0.748. The number of amides is 1. The van der Waals surface area contributed by atoms with Crippen LogP contribution < -0.4 is 35.0 Å². The molecule has 0 aliphatic heterocycles. The summed E-state index contributed by atoms with van der Waals surface area (Å²) in [6, 6.07) is 0. The second kappa shape index (κ2) is 17.2. The van der Waals surface area contributed by atoms with Crippen molar-refractivity contribution < 1.29 is 41.0 Å². The number of halogens is 1. The van der Waals surface area contributed by atoms with E-state index in [0.29, 0.717) is 0 Å². The Hall–Kier alpha value is 0.720. The maximum atomic E-state index is 8.81. The minimum absolute atomic E-state index is 0. The molecule has 0 bridgehead atoms. The number of nitrogens with one attached hydrogen (secondary N) is 1. The third-order valence-electron chi connectivity index (χ3n) is 0.0527. The summed E-state index contributed by atoms with van der Waals surface area (Å²) in [7, 11) is 0. The third kappa shape index (κ3) is 22.1. The molecule has 0 saturated heterocycles.